The zero-order valence-electron chi connectivity index (χ0n) is 14.4. The fraction of sp³-hybridized carbons (Fsp3) is 0.0588. The van der Waals surface area contributed by atoms with E-state index in [1.165, 1.54) is 37.5 Å². The summed E-state index contributed by atoms with van der Waals surface area (Å²) in [7, 11) is -3.12. The van der Waals surface area contributed by atoms with Crippen LogP contribution in [0.15, 0.2) is 52.9 Å². The van der Waals surface area contributed by atoms with Crippen molar-refractivity contribution in [2.45, 2.75) is 4.90 Å². The van der Waals surface area contributed by atoms with Gasteiger partial charge in [-0.05, 0) is 29.8 Å². The first-order chi connectivity index (χ1) is 13.2. The molecule has 0 aliphatic heterocycles. The van der Waals surface area contributed by atoms with Gasteiger partial charge in [0.2, 0.25) is 0 Å². The third-order valence-electron chi connectivity index (χ3n) is 3.40. The lowest BCUT2D eigenvalue weighted by atomic mass is 10.1. The van der Waals surface area contributed by atoms with Crippen LogP contribution in [-0.4, -0.2) is 26.4 Å². The predicted octanol–water partition coefficient (Wildman–Crippen LogP) is 1.76. The number of hydrogen-bond acceptors (Lipinski definition) is 8. The fourth-order valence-electron chi connectivity index (χ4n) is 2.09. The van der Waals surface area contributed by atoms with E-state index in [0.29, 0.717) is 5.56 Å². The number of hydrogen-bond donors (Lipinski definition) is 1. The summed E-state index contributed by atoms with van der Waals surface area (Å²) >= 11 is 0. The van der Waals surface area contributed by atoms with Crippen molar-refractivity contribution in [3.63, 3.8) is 0 Å². The van der Waals surface area contributed by atoms with Gasteiger partial charge >= 0.3 is 10.1 Å². The molecule has 0 unspecified atom stereocenters. The Kier molecular flexibility index (Phi) is 5.97. The van der Waals surface area contributed by atoms with Gasteiger partial charge in [0.25, 0.3) is 11.6 Å². The molecule has 2 aromatic rings. The van der Waals surface area contributed by atoms with Gasteiger partial charge in [-0.1, -0.05) is 12.1 Å². The first-order valence-corrected chi connectivity index (χ1v) is 8.87. The van der Waals surface area contributed by atoms with Gasteiger partial charge < -0.3 is 14.7 Å². The van der Waals surface area contributed by atoms with E-state index in [-0.39, 0.29) is 17.1 Å². The largest absolute Gasteiger partial charge is 0.493 e. The maximum atomic E-state index is 12.4. The minimum atomic E-state index is -4.38. The van der Waals surface area contributed by atoms with Crippen LogP contribution in [0.1, 0.15) is 5.56 Å². The summed E-state index contributed by atoms with van der Waals surface area (Å²) in [5.74, 6) is -1.12. The second-order valence-corrected chi connectivity index (χ2v) is 6.78. The van der Waals surface area contributed by atoms with Crippen molar-refractivity contribution in [1.29, 1.82) is 5.26 Å². The van der Waals surface area contributed by atoms with E-state index in [0.717, 1.165) is 18.2 Å². The normalized spacial score (nSPS) is 11.4. The summed E-state index contributed by atoms with van der Waals surface area (Å²) in [4.78, 5) is 20.8. The van der Waals surface area contributed by atoms with Crippen LogP contribution < -0.4 is 14.7 Å². The van der Waals surface area contributed by atoms with E-state index < -0.39 is 31.5 Å². The Labute approximate surface area is 159 Å². The van der Waals surface area contributed by atoms with Gasteiger partial charge in [-0.2, -0.15) is 13.7 Å². The molecule has 2 aromatic carbocycles. The maximum absolute atomic E-state index is 12.4. The van der Waals surface area contributed by atoms with Crippen LogP contribution in [0.5, 0.6) is 11.5 Å². The van der Waals surface area contributed by atoms with Crippen LogP contribution in [0, 0.1) is 21.4 Å². The number of nitriles is 1. The fourth-order valence-corrected chi connectivity index (χ4v) is 3.07. The number of amides is 1. The molecule has 2 rings (SSSR count). The van der Waals surface area contributed by atoms with Gasteiger partial charge in [0, 0.05) is 12.1 Å². The van der Waals surface area contributed by atoms with Crippen LogP contribution in [0.25, 0.3) is 6.08 Å². The van der Waals surface area contributed by atoms with Gasteiger partial charge in [0.15, 0.2) is 11.5 Å². The van der Waals surface area contributed by atoms with Crippen molar-refractivity contribution in [2.75, 3.05) is 7.11 Å². The number of ether oxygens (including phenoxy) is 1. The van der Waals surface area contributed by atoms with Gasteiger partial charge in [0.1, 0.15) is 16.5 Å². The molecule has 28 heavy (non-hydrogen) atoms. The Hall–Kier alpha value is -3.91. The first-order valence-electron chi connectivity index (χ1n) is 7.46. The molecule has 0 saturated carbocycles. The number of carbonyl (C=O) groups excluding carboxylic acids is 1. The molecule has 2 N–H and O–H groups in total. The number of rotatable bonds is 7. The second-order valence-electron chi connectivity index (χ2n) is 5.24. The molecule has 0 aromatic heterocycles. The molecular weight excluding hydrogens is 390 g/mol. The second kappa shape index (κ2) is 8.19. The molecule has 0 saturated heterocycles. The summed E-state index contributed by atoms with van der Waals surface area (Å²) in [5.41, 5.74) is 4.69. The average Bonchev–Trinajstić information content (AvgIpc) is 2.66. The molecule has 0 heterocycles. The number of primary amides is 1. The van der Waals surface area contributed by atoms with E-state index in [9.17, 15) is 23.3 Å². The third-order valence-corrected chi connectivity index (χ3v) is 4.63. The van der Waals surface area contributed by atoms with E-state index in [2.05, 4.69) is 0 Å². The zero-order valence-corrected chi connectivity index (χ0v) is 15.2. The lowest BCUT2D eigenvalue weighted by molar-refractivity contribution is -0.385. The molecule has 1 amide bonds. The van der Waals surface area contributed by atoms with Gasteiger partial charge in [-0.3, -0.25) is 14.9 Å². The van der Waals surface area contributed by atoms with E-state index in [1.54, 1.807) is 6.07 Å². The Morgan fingerprint density at radius 1 is 1.25 bits per heavy atom. The molecule has 0 spiro atoms. The zero-order chi connectivity index (χ0) is 20.9. The van der Waals surface area contributed by atoms with Gasteiger partial charge in [-0.25, -0.2) is 0 Å². The van der Waals surface area contributed by atoms with Crippen LogP contribution in [-0.2, 0) is 14.9 Å². The highest BCUT2D eigenvalue weighted by Crippen LogP contribution is 2.32. The average molecular weight is 403 g/mol. The van der Waals surface area contributed by atoms with Crippen molar-refractivity contribution in [1.82, 2.24) is 0 Å². The summed E-state index contributed by atoms with van der Waals surface area (Å²) in [6, 6.07) is 9.97. The van der Waals surface area contributed by atoms with E-state index in [4.69, 9.17) is 19.9 Å². The number of non-ortho nitro benzene ring substituents is 1. The minimum absolute atomic E-state index is 0.00971. The summed E-state index contributed by atoms with van der Waals surface area (Å²) in [6.07, 6.45) is 1.20. The highest BCUT2D eigenvalue weighted by atomic mass is 32.2. The maximum Gasteiger partial charge on any atom is 0.339 e. The van der Waals surface area contributed by atoms with Crippen LogP contribution >= 0.6 is 0 Å². The van der Waals surface area contributed by atoms with Crippen molar-refractivity contribution in [3.05, 3.63) is 63.7 Å². The number of nitrogens with zero attached hydrogens (tertiary/aromatic N) is 2. The summed E-state index contributed by atoms with van der Waals surface area (Å²) in [5, 5.41) is 19.7. The monoisotopic (exact) mass is 403 g/mol. The number of nitro benzene ring substituents is 1. The SMILES string of the molecule is COc1cc(/C=C(\C#N)C(N)=O)ccc1OS(=O)(=O)c1cccc([N+](=O)[O-])c1. The molecule has 11 heteroatoms. The quantitative estimate of drug-likeness (QED) is 0.240. The van der Waals surface area contributed by atoms with Gasteiger partial charge in [-0.15, -0.1) is 0 Å². The predicted molar refractivity (Wildman–Crippen MR) is 96.7 cm³/mol. The molecular formula is C17H13N3O7S. The molecule has 10 nitrogen and oxygen atoms in total. The minimum Gasteiger partial charge on any atom is -0.493 e. The number of methoxy groups -OCH3 is 1. The third kappa shape index (κ3) is 4.63. The Bertz CT molecular complexity index is 1120. The smallest absolute Gasteiger partial charge is 0.339 e. The lowest BCUT2D eigenvalue weighted by Crippen LogP contribution is -2.12. The standard InChI is InChI=1S/C17H13N3O7S/c1-26-16-8-11(7-12(10-18)17(19)21)5-6-15(16)27-28(24,25)14-4-2-3-13(9-14)20(22)23/h2-9H,1H3,(H2,19,21)/b12-7+. The molecule has 0 aliphatic carbocycles. The molecule has 0 radical (unpaired) electrons. The van der Waals surface area contributed by atoms with E-state index >= 15 is 0 Å². The van der Waals surface area contributed by atoms with Gasteiger partial charge in [0.05, 0.1) is 12.0 Å². The number of carbonyl (C=O) groups is 1. The highest BCUT2D eigenvalue weighted by Gasteiger charge is 2.22. The summed E-state index contributed by atoms with van der Waals surface area (Å²) < 4.78 is 35.0. The Balaban J connectivity index is 2.41. The molecule has 0 bridgehead atoms. The molecule has 0 fully saturated rings. The first kappa shape index (κ1) is 20.4. The van der Waals surface area contributed by atoms with Crippen LogP contribution in [0.3, 0.4) is 0 Å². The highest BCUT2D eigenvalue weighted by molar-refractivity contribution is 7.87. The Morgan fingerprint density at radius 3 is 2.54 bits per heavy atom. The van der Waals surface area contributed by atoms with Crippen molar-refractivity contribution < 1.29 is 27.1 Å². The number of nitrogens with two attached hydrogens (primary N) is 1. The van der Waals surface area contributed by atoms with Crippen LogP contribution in [0.4, 0.5) is 5.69 Å². The molecule has 144 valence electrons. The number of nitro groups is 1. The Morgan fingerprint density at radius 2 is 1.96 bits per heavy atom. The van der Waals surface area contributed by atoms with Crippen molar-refractivity contribution in [2.24, 2.45) is 5.73 Å². The van der Waals surface area contributed by atoms with Crippen LogP contribution in [0.2, 0.25) is 0 Å². The molecule has 0 atom stereocenters. The topological polar surface area (TPSA) is 163 Å². The lowest BCUT2D eigenvalue weighted by Gasteiger charge is -2.11. The van der Waals surface area contributed by atoms with Crippen molar-refractivity contribution >= 4 is 27.8 Å². The number of benzene rings is 2. The molecule has 0 aliphatic rings. The summed E-state index contributed by atoms with van der Waals surface area (Å²) in [6.45, 7) is 0. The van der Waals surface area contributed by atoms with Crippen molar-refractivity contribution in [3.8, 4) is 17.6 Å². The van der Waals surface area contributed by atoms with E-state index in [1.807, 2.05) is 0 Å².